The van der Waals surface area contributed by atoms with Gasteiger partial charge in [0.2, 0.25) is 0 Å². The van der Waals surface area contributed by atoms with Crippen LogP contribution in [0.5, 0.6) is 5.75 Å². The van der Waals surface area contributed by atoms with E-state index in [0.29, 0.717) is 53.1 Å². The van der Waals surface area contributed by atoms with Crippen LogP contribution in [0.3, 0.4) is 0 Å². The summed E-state index contributed by atoms with van der Waals surface area (Å²) in [6, 6.07) is 5.33. The molecule has 0 aliphatic carbocycles. The molecule has 0 unspecified atom stereocenters. The second-order valence-electron chi connectivity index (χ2n) is 9.23. The van der Waals surface area contributed by atoms with Crippen molar-refractivity contribution >= 4 is 23.6 Å². The van der Waals surface area contributed by atoms with Gasteiger partial charge in [0.1, 0.15) is 23.9 Å². The van der Waals surface area contributed by atoms with Crippen LogP contribution in [0.4, 0.5) is 5.82 Å². The standard InChI is InChI=1S/C27H33ClN6O3/c1-6-7-19(35)14-36-20-8-9-22(28)21(10-20)26-31-25(24-16(3)33-37-17(24)4)15(2)27(32-26)34-12-18(11-30-5)23(29)13-34/h8-11,19,35H,6-7,12-14,29H2,1-5H3/t19-/m1/s1. The highest BCUT2D eigenvalue weighted by atomic mass is 35.5. The summed E-state index contributed by atoms with van der Waals surface area (Å²) >= 11 is 6.65. The Morgan fingerprint density at radius 2 is 2.05 bits per heavy atom. The fourth-order valence-corrected chi connectivity index (χ4v) is 4.67. The van der Waals surface area contributed by atoms with Gasteiger partial charge in [-0.05, 0) is 45.4 Å². The summed E-state index contributed by atoms with van der Waals surface area (Å²) in [4.78, 5) is 16.1. The van der Waals surface area contributed by atoms with Crippen molar-refractivity contribution in [3.05, 3.63) is 51.5 Å². The summed E-state index contributed by atoms with van der Waals surface area (Å²) in [6.45, 7) is 9.05. The number of benzene rings is 1. The lowest BCUT2D eigenvalue weighted by molar-refractivity contribution is 0.0994. The Labute approximate surface area is 222 Å². The third-order valence-electron chi connectivity index (χ3n) is 6.35. The number of rotatable bonds is 9. The van der Waals surface area contributed by atoms with Crippen molar-refractivity contribution in [1.29, 1.82) is 0 Å². The number of nitrogens with zero attached hydrogens (tertiary/aromatic N) is 5. The normalized spacial score (nSPS) is 14.7. The van der Waals surface area contributed by atoms with Crippen LogP contribution < -0.4 is 15.4 Å². The van der Waals surface area contributed by atoms with Gasteiger partial charge in [-0.1, -0.05) is 30.1 Å². The number of aliphatic hydroxyl groups excluding tert-OH is 1. The largest absolute Gasteiger partial charge is 0.491 e. The molecule has 0 amide bonds. The predicted octanol–water partition coefficient (Wildman–Crippen LogP) is 4.65. The highest BCUT2D eigenvalue weighted by Crippen LogP contribution is 2.38. The Kier molecular flexibility index (Phi) is 8.14. The molecule has 2 aromatic heterocycles. The molecule has 9 nitrogen and oxygen atoms in total. The Balaban J connectivity index is 1.81. The number of ether oxygens (including phenoxy) is 1. The van der Waals surface area contributed by atoms with Crippen molar-refractivity contribution in [2.24, 2.45) is 10.7 Å². The van der Waals surface area contributed by atoms with Gasteiger partial charge >= 0.3 is 0 Å². The minimum absolute atomic E-state index is 0.194. The number of hydrogen-bond donors (Lipinski definition) is 2. The molecular weight excluding hydrogens is 492 g/mol. The molecule has 0 bridgehead atoms. The molecule has 0 fully saturated rings. The van der Waals surface area contributed by atoms with Crippen LogP contribution >= 0.6 is 11.6 Å². The fraction of sp³-hybridized carbons (Fsp3) is 0.407. The lowest BCUT2D eigenvalue weighted by atomic mass is 10.0. The SMILES string of the molecule is CCC[C@@H](O)COc1ccc(Cl)c(-c2nc(-c3c(C)noc3C)c(C)c(N3CC(N)=C(C=NC)C3)n2)c1. The lowest BCUT2D eigenvalue weighted by Gasteiger charge is -2.22. The third-order valence-corrected chi connectivity index (χ3v) is 6.68. The molecule has 1 aliphatic rings. The molecule has 3 heterocycles. The van der Waals surface area contributed by atoms with E-state index in [1.165, 1.54) is 0 Å². The average molecular weight is 525 g/mol. The van der Waals surface area contributed by atoms with Crippen LogP contribution in [0.1, 0.15) is 36.8 Å². The Morgan fingerprint density at radius 3 is 2.73 bits per heavy atom. The molecule has 0 radical (unpaired) electrons. The van der Waals surface area contributed by atoms with Crippen molar-refractivity contribution in [1.82, 2.24) is 15.1 Å². The van der Waals surface area contributed by atoms with Crippen LogP contribution in [0.25, 0.3) is 22.6 Å². The zero-order chi connectivity index (χ0) is 26.7. The first-order valence-electron chi connectivity index (χ1n) is 12.3. The maximum atomic E-state index is 10.1. The van der Waals surface area contributed by atoms with Gasteiger partial charge < -0.3 is 25.0 Å². The lowest BCUT2D eigenvalue weighted by Crippen LogP contribution is -2.25. The first-order valence-corrected chi connectivity index (χ1v) is 12.7. The number of hydrogen-bond acceptors (Lipinski definition) is 9. The third kappa shape index (κ3) is 5.62. The highest BCUT2D eigenvalue weighted by Gasteiger charge is 2.27. The summed E-state index contributed by atoms with van der Waals surface area (Å²) in [5.74, 6) is 2.43. The van der Waals surface area contributed by atoms with Crippen LogP contribution in [-0.2, 0) is 0 Å². The summed E-state index contributed by atoms with van der Waals surface area (Å²) in [6.07, 6.45) is 2.80. The molecule has 1 aliphatic heterocycles. The van der Waals surface area contributed by atoms with E-state index in [1.54, 1.807) is 31.5 Å². The van der Waals surface area contributed by atoms with Gasteiger partial charge in [0.05, 0.1) is 34.6 Å². The van der Waals surface area contributed by atoms with Gasteiger partial charge in [0.25, 0.3) is 0 Å². The molecule has 37 heavy (non-hydrogen) atoms. The van der Waals surface area contributed by atoms with E-state index in [0.717, 1.165) is 40.3 Å². The van der Waals surface area contributed by atoms with Crippen molar-refractivity contribution in [3.63, 3.8) is 0 Å². The van der Waals surface area contributed by atoms with Gasteiger partial charge in [-0.2, -0.15) is 0 Å². The highest BCUT2D eigenvalue weighted by molar-refractivity contribution is 6.33. The Bertz CT molecular complexity index is 1330. The van der Waals surface area contributed by atoms with Gasteiger partial charge in [0.15, 0.2) is 5.82 Å². The molecule has 4 rings (SSSR count). The van der Waals surface area contributed by atoms with Gasteiger partial charge in [-0.25, -0.2) is 9.97 Å². The van der Waals surface area contributed by atoms with E-state index in [4.69, 9.17) is 36.6 Å². The summed E-state index contributed by atoms with van der Waals surface area (Å²) in [5.41, 5.74) is 11.8. The topological polar surface area (TPSA) is 123 Å². The molecule has 10 heteroatoms. The monoisotopic (exact) mass is 524 g/mol. The van der Waals surface area contributed by atoms with Crippen LogP contribution in [-0.4, -0.2) is 59.3 Å². The number of halogens is 1. The van der Waals surface area contributed by atoms with E-state index < -0.39 is 6.10 Å². The van der Waals surface area contributed by atoms with Crippen molar-refractivity contribution in [2.75, 3.05) is 31.6 Å². The first kappa shape index (κ1) is 26.6. The molecule has 3 N–H and O–H groups in total. The number of aliphatic hydroxyl groups is 1. The van der Waals surface area contributed by atoms with Crippen molar-refractivity contribution in [3.8, 4) is 28.4 Å². The van der Waals surface area contributed by atoms with E-state index >= 15 is 0 Å². The van der Waals surface area contributed by atoms with E-state index in [9.17, 15) is 5.11 Å². The van der Waals surface area contributed by atoms with E-state index in [1.807, 2.05) is 27.7 Å². The molecule has 1 aromatic carbocycles. The van der Waals surface area contributed by atoms with E-state index in [2.05, 4.69) is 15.0 Å². The fourth-order valence-electron chi connectivity index (χ4n) is 4.47. The molecule has 196 valence electrons. The second-order valence-corrected chi connectivity index (χ2v) is 9.64. The molecule has 0 spiro atoms. The number of aromatic nitrogens is 3. The number of anilines is 1. The maximum Gasteiger partial charge on any atom is 0.163 e. The van der Waals surface area contributed by atoms with Crippen molar-refractivity contribution < 1.29 is 14.4 Å². The number of nitrogens with two attached hydrogens (primary N) is 1. The van der Waals surface area contributed by atoms with Gasteiger partial charge in [0, 0.05) is 42.2 Å². The van der Waals surface area contributed by atoms with Gasteiger partial charge in [-0.3, -0.25) is 4.99 Å². The van der Waals surface area contributed by atoms with E-state index in [-0.39, 0.29) is 6.61 Å². The summed E-state index contributed by atoms with van der Waals surface area (Å²) < 4.78 is 11.3. The smallest absolute Gasteiger partial charge is 0.163 e. The number of aliphatic imine (C=N–C) groups is 1. The molecular formula is C27H33ClN6O3. The zero-order valence-corrected chi connectivity index (χ0v) is 22.6. The van der Waals surface area contributed by atoms with Gasteiger partial charge in [-0.15, -0.1) is 0 Å². The Hall–Kier alpha value is -3.43. The summed E-state index contributed by atoms with van der Waals surface area (Å²) in [5, 5.41) is 14.7. The quantitative estimate of drug-likeness (QED) is 0.388. The minimum Gasteiger partial charge on any atom is -0.491 e. The minimum atomic E-state index is -0.536. The zero-order valence-electron chi connectivity index (χ0n) is 21.9. The second kappa shape index (κ2) is 11.3. The average Bonchev–Trinajstić information content (AvgIpc) is 3.40. The maximum absolute atomic E-state index is 10.1. The van der Waals surface area contributed by atoms with Crippen LogP contribution in [0.15, 0.2) is 39.0 Å². The van der Waals surface area contributed by atoms with Crippen LogP contribution in [0.2, 0.25) is 5.02 Å². The number of aryl methyl sites for hydroxylation is 2. The molecule has 3 aromatic rings. The van der Waals surface area contributed by atoms with Crippen LogP contribution in [0, 0.1) is 20.8 Å². The first-order chi connectivity index (χ1) is 17.7. The predicted molar refractivity (Wildman–Crippen MR) is 146 cm³/mol. The Morgan fingerprint density at radius 1 is 1.27 bits per heavy atom. The van der Waals surface area contributed by atoms with Crippen molar-refractivity contribution in [2.45, 2.75) is 46.6 Å². The molecule has 1 atom stereocenters. The summed E-state index contributed by atoms with van der Waals surface area (Å²) in [7, 11) is 1.73. The molecule has 0 saturated heterocycles. The molecule has 0 saturated carbocycles.